The van der Waals surface area contributed by atoms with Gasteiger partial charge < -0.3 is 14.9 Å². The zero-order valence-corrected chi connectivity index (χ0v) is 13.2. The van der Waals surface area contributed by atoms with Gasteiger partial charge >= 0.3 is 5.69 Å². The van der Waals surface area contributed by atoms with Crippen LogP contribution in [0.1, 0.15) is 18.8 Å². The Bertz CT molecular complexity index is 747. The van der Waals surface area contributed by atoms with Gasteiger partial charge in [0.2, 0.25) is 0 Å². The monoisotopic (exact) mass is 348 g/mol. The normalized spacial score (nSPS) is 32.4. The second kappa shape index (κ2) is 6.07. The van der Waals surface area contributed by atoms with E-state index in [1.165, 1.54) is 19.9 Å². The van der Waals surface area contributed by atoms with Crippen molar-refractivity contribution in [1.82, 2.24) is 9.55 Å². The zero-order valence-electron chi connectivity index (χ0n) is 11.7. The van der Waals surface area contributed by atoms with Crippen molar-refractivity contribution in [2.45, 2.75) is 43.3 Å². The summed E-state index contributed by atoms with van der Waals surface area (Å²) in [6, 6.07) is 1.18. The molecule has 1 aliphatic rings. The van der Waals surface area contributed by atoms with Crippen molar-refractivity contribution in [2.24, 2.45) is 0 Å². The van der Waals surface area contributed by atoms with Crippen molar-refractivity contribution in [3.63, 3.8) is 0 Å². The predicted octanol–water partition coefficient (Wildman–Crippen LogP) is -0.339. The van der Waals surface area contributed by atoms with Crippen molar-refractivity contribution >= 4 is 23.2 Å². The van der Waals surface area contributed by atoms with Gasteiger partial charge in [0.05, 0.1) is 6.10 Å². The van der Waals surface area contributed by atoms with E-state index in [0.717, 1.165) is 4.57 Å². The van der Waals surface area contributed by atoms with E-state index in [9.17, 15) is 19.8 Å². The summed E-state index contributed by atoms with van der Waals surface area (Å²) in [6.07, 6.45) is -4.77. The van der Waals surface area contributed by atoms with E-state index in [4.69, 9.17) is 27.9 Å². The lowest BCUT2D eigenvalue weighted by Gasteiger charge is -2.26. The minimum atomic E-state index is -1.75. The van der Waals surface area contributed by atoms with Crippen LogP contribution >= 0.6 is 23.2 Å². The molecule has 120 valence electrons. The van der Waals surface area contributed by atoms with E-state index in [1.54, 1.807) is 0 Å². The number of nitrogens with one attached hydrogen (secondary N) is 1. The van der Waals surface area contributed by atoms with Crippen LogP contribution in [0.2, 0.25) is 0 Å². The third-order valence-electron chi connectivity index (χ3n) is 3.50. The molecule has 0 saturated carbocycles. The van der Waals surface area contributed by atoms with Crippen LogP contribution in [0.5, 0.6) is 0 Å². The summed E-state index contributed by atoms with van der Waals surface area (Å²) in [6.45, 7) is 2.91. The number of ether oxygens (including phenoxy) is 1. The Morgan fingerprint density at radius 2 is 2.18 bits per heavy atom. The molecule has 22 heavy (non-hydrogen) atoms. The van der Waals surface area contributed by atoms with Gasteiger partial charge in [-0.15, -0.1) is 0 Å². The Hall–Kier alpha value is -1.30. The summed E-state index contributed by atoms with van der Waals surface area (Å²) in [5.41, 5.74) is -1.08. The number of alkyl halides is 1. The second-order valence-electron chi connectivity index (χ2n) is 5.08. The number of H-pyrrole nitrogens is 1. The van der Waals surface area contributed by atoms with Crippen molar-refractivity contribution in [3.05, 3.63) is 32.6 Å². The molecule has 0 radical (unpaired) electrons. The van der Waals surface area contributed by atoms with Gasteiger partial charge in [-0.2, -0.15) is 0 Å². The average molecular weight is 349 g/mol. The quantitative estimate of drug-likeness (QED) is 0.501. The number of rotatable bonds is 2. The van der Waals surface area contributed by atoms with Crippen molar-refractivity contribution < 1.29 is 14.9 Å². The molecule has 1 unspecified atom stereocenters. The molecule has 0 amide bonds. The van der Waals surface area contributed by atoms with Crippen LogP contribution in [0, 0.1) is 18.2 Å². The molecule has 2 rings (SSSR count). The fourth-order valence-electron chi connectivity index (χ4n) is 2.45. The van der Waals surface area contributed by atoms with E-state index < -0.39 is 40.7 Å². The number of aliphatic hydroxyl groups excluding tert-OH is 2. The largest absolute Gasteiger partial charge is 0.391 e. The van der Waals surface area contributed by atoms with Crippen LogP contribution in [0.4, 0.5) is 0 Å². The number of aryl methyl sites for hydroxylation is 1. The topological polar surface area (TPSA) is 105 Å². The van der Waals surface area contributed by atoms with Gasteiger partial charge in [-0.1, -0.05) is 17.5 Å². The molecule has 9 heteroatoms. The highest BCUT2D eigenvalue weighted by Gasteiger charge is 2.57. The van der Waals surface area contributed by atoms with E-state index in [0.29, 0.717) is 0 Å². The van der Waals surface area contributed by atoms with Crippen LogP contribution in [0.25, 0.3) is 0 Å². The SMILES string of the molecule is Cc1cc(=O)[nH]c(=O)n1[C@@H]1O[C@H]([C@@H](C)O)[C@H](O)C1(Cl)C#CCl. The maximum atomic E-state index is 12.1. The molecule has 1 aromatic rings. The van der Waals surface area contributed by atoms with Gasteiger partial charge in [0.25, 0.3) is 5.56 Å². The number of hydrogen-bond donors (Lipinski definition) is 3. The summed E-state index contributed by atoms with van der Waals surface area (Å²) in [4.78, 5) is 23.7. The first-order valence-corrected chi connectivity index (χ1v) is 7.13. The number of halogens is 2. The molecule has 1 saturated heterocycles. The molecule has 1 aromatic heterocycles. The summed E-state index contributed by atoms with van der Waals surface area (Å²) >= 11 is 11.7. The van der Waals surface area contributed by atoms with Crippen molar-refractivity contribution in [2.75, 3.05) is 0 Å². The molecule has 0 aromatic carbocycles. The van der Waals surface area contributed by atoms with Crippen LogP contribution in [0.15, 0.2) is 15.7 Å². The molecule has 5 atom stereocenters. The Labute approximate surface area is 135 Å². The first-order valence-electron chi connectivity index (χ1n) is 6.38. The smallest absolute Gasteiger partial charge is 0.330 e. The Kier molecular flexibility index (Phi) is 4.70. The minimum Gasteiger partial charge on any atom is -0.391 e. The minimum absolute atomic E-state index is 0.263. The molecule has 0 spiro atoms. The number of aromatic amines is 1. The summed E-state index contributed by atoms with van der Waals surface area (Å²) < 4.78 is 6.60. The highest BCUT2D eigenvalue weighted by Crippen LogP contribution is 2.44. The third kappa shape index (κ3) is 2.69. The van der Waals surface area contributed by atoms with Crippen LogP contribution in [0.3, 0.4) is 0 Å². The molecule has 3 N–H and O–H groups in total. The van der Waals surface area contributed by atoms with Crippen molar-refractivity contribution in [1.29, 1.82) is 0 Å². The Morgan fingerprint density at radius 3 is 2.68 bits per heavy atom. The molecule has 2 heterocycles. The predicted molar refractivity (Wildman–Crippen MR) is 79.9 cm³/mol. The highest BCUT2D eigenvalue weighted by atomic mass is 35.5. The lowest BCUT2D eigenvalue weighted by atomic mass is 9.97. The molecule has 1 aliphatic heterocycles. The van der Waals surface area contributed by atoms with Crippen LogP contribution < -0.4 is 11.2 Å². The first kappa shape index (κ1) is 17.1. The maximum Gasteiger partial charge on any atom is 0.330 e. The summed E-state index contributed by atoms with van der Waals surface area (Å²) in [7, 11) is 0. The molecular formula is C13H14Cl2N2O5. The third-order valence-corrected chi connectivity index (χ3v) is 4.10. The lowest BCUT2D eigenvalue weighted by molar-refractivity contribution is -0.0778. The van der Waals surface area contributed by atoms with Gasteiger partial charge in [-0.25, -0.2) is 4.79 Å². The second-order valence-corrected chi connectivity index (χ2v) is 5.89. The number of hydrogen-bond acceptors (Lipinski definition) is 5. The summed E-state index contributed by atoms with van der Waals surface area (Å²) in [5.74, 6) is 2.42. The highest BCUT2D eigenvalue weighted by molar-refractivity contribution is 6.32. The van der Waals surface area contributed by atoms with Gasteiger partial charge in [0.1, 0.15) is 12.2 Å². The molecule has 0 bridgehead atoms. The fraction of sp³-hybridized carbons (Fsp3) is 0.538. The fourth-order valence-corrected chi connectivity index (χ4v) is 2.98. The van der Waals surface area contributed by atoms with Gasteiger partial charge in [0, 0.05) is 17.1 Å². The summed E-state index contributed by atoms with van der Waals surface area (Å²) in [5, 5.41) is 22.1. The Morgan fingerprint density at radius 1 is 1.55 bits per heavy atom. The maximum absolute atomic E-state index is 12.1. The average Bonchev–Trinajstić information content (AvgIpc) is 2.63. The van der Waals surface area contributed by atoms with Gasteiger partial charge in [-0.3, -0.25) is 14.3 Å². The number of aliphatic hydroxyl groups is 2. The van der Waals surface area contributed by atoms with Crippen LogP contribution in [-0.2, 0) is 4.74 Å². The lowest BCUT2D eigenvalue weighted by Crippen LogP contribution is -2.45. The standard InChI is InChI=1S/C13H14Cl2N2O5/c1-6-5-8(19)16-12(21)17(6)11-13(15,3-4-14)10(20)9(22-11)7(2)18/h5,7,9-11,18,20H,1-2H3,(H,16,19,21)/t7-,9-,10+,11-,13?/m1/s1. The number of nitrogens with zero attached hydrogens (tertiary/aromatic N) is 1. The molecular weight excluding hydrogens is 335 g/mol. The van der Waals surface area contributed by atoms with E-state index in [-0.39, 0.29) is 5.69 Å². The van der Waals surface area contributed by atoms with Gasteiger partial charge in [-0.05, 0) is 25.4 Å². The van der Waals surface area contributed by atoms with E-state index in [1.807, 2.05) is 0 Å². The Balaban J connectivity index is 2.64. The van der Waals surface area contributed by atoms with Gasteiger partial charge in [0.15, 0.2) is 11.1 Å². The van der Waals surface area contributed by atoms with E-state index >= 15 is 0 Å². The zero-order chi connectivity index (χ0) is 16.7. The van der Waals surface area contributed by atoms with Crippen molar-refractivity contribution in [3.8, 4) is 11.3 Å². The van der Waals surface area contributed by atoms with E-state index in [2.05, 4.69) is 16.3 Å². The molecule has 0 aliphatic carbocycles. The van der Waals surface area contributed by atoms with Crippen LogP contribution in [-0.4, -0.2) is 43.0 Å². The molecule has 7 nitrogen and oxygen atoms in total. The first-order chi connectivity index (χ1) is 10.2. The molecule has 1 fully saturated rings. The number of aromatic nitrogens is 2.